The molecule has 7 nitrogen and oxygen atoms in total. The first kappa shape index (κ1) is 29.8. The highest BCUT2D eigenvalue weighted by Crippen LogP contribution is 2.48. The fourth-order valence-corrected chi connectivity index (χ4v) is 5.42. The fraction of sp³-hybridized carbons (Fsp3) is 0.375. The summed E-state index contributed by atoms with van der Waals surface area (Å²) in [5.41, 5.74) is 2.87. The van der Waals surface area contributed by atoms with Gasteiger partial charge < -0.3 is 24.2 Å². The molecule has 0 aliphatic carbocycles. The van der Waals surface area contributed by atoms with Gasteiger partial charge in [-0.1, -0.05) is 52.7 Å². The average molecular weight is 609 g/mol. The highest BCUT2D eigenvalue weighted by Gasteiger charge is 2.43. The van der Waals surface area contributed by atoms with E-state index in [1.165, 1.54) is 0 Å². The Balaban J connectivity index is 2.05. The molecule has 212 valence electrons. The highest BCUT2D eigenvalue weighted by atomic mass is 79.9. The molecule has 0 unspecified atom stereocenters. The number of fused-ring (bicyclic) bond motifs is 1. The summed E-state index contributed by atoms with van der Waals surface area (Å²) in [5, 5.41) is 14.0. The number of ether oxygens (including phenoxy) is 3. The molecular formula is C32H38BrN3O4. The van der Waals surface area contributed by atoms with Crippen molar-refractivity contribution in [1.29, 1.82) is 0 Å². The minimum atomic E-state index is -1.41. The Kier molecular flexibility index (Phi) is 9.66. The Labute approximate surface area is 245 Å². The van der Waals surface area contributed by atoms with Gasteiger partial charge in [0.1, 0.15) is 5.60 Å². The van der Waals surface area contributed by atoms with Crippen LogP contribution in [-0.2, 0) is 5.60 Å². The van der Waals surface area contributed by atoms with Crippen LogP contribution in [-0.4, -0.2) is 61.4 Å². The molecule has 2 aromatic carbocycles. The molecule has 4 aromatic rings. The molecule has 4 rings (SSSR count). The molecular weight excluding hydrogens is 570 g/mol. The summed E-state index contributed by atoms with van der Waals surface area (Å²) in [6, 6.07) is 19.9. The number of hydrogen-bond donors (Lipinski definition) is 1. The SMILES string of the molecule is CCCOc1cc([C@](O)(CCN(C)C)[C@H](c2cccc(C)c2)c2cc3cc(Br)ccc3nc2OC)cc(OC)n1. The van der Waals surface area contributed by atoms with Gasteiger partial charge in [-0.25, -0.2) is 4.98 Å². The molecule has 1 N–H and O–H groups in total. The van der Waals surface area contributed by atoms with E-state index < -0.39 is 11.5 Å². The monoisotopic (exact) mass is 607 g/mol. The molecule has 0 radical (unpaired) electrons. The maximum atomic E-state index is 13.0. The lowest BCUT2D eigenvalue weighted by molar-refractivity contribution is 0.00325. The van der Waals surface area contributed by atoms with Gasteiger partial charge in [-0.05, 0) is 69.3 Å². The van der Waals surface area contributed by atoms with Crippen molar-refractivity contribution in [2.24, 2.45) is 0 Å². The van der Waals surface area contributed by atoms with Crippen molar-refractivity contribution in [2.75, 3.05) is 41.5 Å². The third-order valence-electron chi connectivity index (χ3n) is 7.01. The third-order valence-corrected chi connectivity index (χ3v) is 7.50. The number of benzene rings is 2. The van der Waals surface area contributed by atoms with E-state index in [-0.39, 0.29) is 0 Å². The number of aliphatic hydroxyl groups is 1. The van der Waals surface area contributed by atoms with E-state index in [9.17, 15) is 5.11 Å². The number of hydrogen-bond acceptors (Lipinski definition) is 7. The number of halogens is 1. The Hall–Kier alpha value is -3.20. The van der Waals surface area contributed by atoms with E-state index in [1.54, 1.807) is 20.3 Å². The molecule has 0 saturated heterocycles. The lowest BCUT2D eigenvalue weighted by Crippen LogP contribution is -2.38. The van der Waals surface area contributed by atoms with Crippen LogP contribution in [0.25, 0.3) is 10.9 Å². The van der Waals surface area contributed by atoms with Gasteiger partial charge in [0.25, 0.3) is 0 Å². The first-order chi connectivity index (χ1) is 19.2. The Morgan fingerprint density at radius 2 is 1.75 bits per heavy atom. The van der Waals surface area contributed by atoms with E-state index >= 15 is 0 Å². The molecule has 2 aromatic heterocycles. The van der Waals surface area contributed by atoms with Crippen molar-refractivity contribution in [3.05, 3.63) is 87.4 Å². The van der Waals surface area contributed by atoms with Crippen LogP contribution in [0, 0.1) is 6.92 Å². The standard InChI is InChI=1S/C32H38BrN3O4/c1-7-15-40-29-20-24(19-28(35-29)38-5)32(37,13-14-36(3)4)30(22-10-8-9-21(2)16-22)26-18-23-17-25(33)11-12-27(23)34-31(26)39-6/h8-12,16-20,30,37H,7,13-15H2,1-6H3/t30-,32-/m1/s1. The molecule has 8 heteroatoms. The van der Waals surface area contributed by atoms with Gasteiger partial charge in [0.15, 0.2) is 0 Å². The first-order valence-corrected chi connectivity index (χ1v) is 14.2. The number of methoxy groups -OCH3 is 2. The topological polar surface area (TPSA) is 76.9 Å². The van der Waals surface area contributed by atoms with E-state index in [0.29, 0.717) is 42.8 Å². The predicted octanol–water partition coefficient (Wildman–Crippen LogP) is 6.48. The van der Waals surface area contributed by atoms with Crippen LogP contribution in [0.15, 0.2) is 65.1 Å². The normalized spacial score (nSPS) is 13.7. The van der Waals surface area contributed by atoms with Crippen molar-refractivity contribution in [3.63, 3.8) is 0 Å². The predicted molar refractivity (Wildman–Crippen MR) is 163 cm³/mol. The fourth-order valence-electron chi connectivity index (χ4n) is 5.04. The highest BCUT2D eigenvalue weighted by molar-refractivity contribution is 9.10. The lowest BCUT2D eigenvalue weighted by Gasteiger charge is -2.39. The Bertz CT molecular complexity index is 1460. The summed E-state index contributed by atoms with van der Waals surface area (Å²) in [4.78, 5) is 11.4. The third kappa shape index (κ3) is 6.57. The van der Waals surface area contributed by atoms with Gasteiger partial charge in [-0.3, -0.25) is 0 Å². The molecule has 0 aliphatic rings. The van der Waals surface area contributed by atoms with Crippen molar-refractivity contribution >= 4 is 26.8 Å². The van der Waals surface area contributed by atoms with Crippen LogP contribution in [0.3, 0.4) is 0 Å². The van der Waals surface area contributed by atoms with Crippen molar-refractivity contribution in [2.45, 2.75) is 38.2 Å². The van der Waals surface area contributed by atoms with Crippen LogP contribution in [0.5, 0.6) is 17.6 Å². The minimum Gasteiger partial charge on any atom is -0.481 e. The van der Waals surface area contributed by atoms with Gasteiger partial charge in [-0.15, -0.1) is 0 Å². The maximum Gasteiger partial charge on any atom is 0.217 e. The van der Waals surface area contributed by atoms with E-state index in [2.05, 4.69) is 57.0 Å². The Morgan fingerprint density at radius 3 is 2.42 bits per heavy atom. The van der Waals surface area contributed by atoms with Gasteiger partial charge in [0.2, 0.25) is 17.6 Å². The summed E-state index contributed by atoms with van der Waals surface area (Å²) < 4.78 is 18.3. The molecule has 0 amide bonds. The van der Waals surface area contributed by atoms with Crippen LogP contribution in [0.1, 0.15) is 47.9 Å². The second kappa shape index (κ2) is 13.0. The quantitative estimate of drug-likeness (QED) is 0.197. The van der Waals surface area contributed by atoms with Gasteiger partial charge in [-0.2, -0.15) is 4.98 Å². The Morgan fingerprint density at radius 1 is 0.975 bits per heavy atom. The van der Waals surface area contributed by atoms with Crippen LogP contribution < -0.4 is 14.2 Å². The molecule has 0 aliphatic heterocycles. The zero-order valence-electron chi connectivity index (χ0n) is 24.1. The maximum absolute atomic E-state index is 13.0. The summed E-state index contributed by atoms with van der Waals surface area (Å²) in [5.74, 6) is 0.717. The largest absolute Gasteiger partial charge is 0.481 e. The number of aromatic nitrogens is 2. The molecule has 0 saturated carbocycles. The van der Waals surface area contributed by atoms with Crippen LogP contribution in [0.2, 0.25) is 0 Å². The van der Waals surface area contributed by atoms with Crippen LogP contribution in [0.4, 0.5) is 0 Å². The summed E-state index contributed by atoms with van der Waals surface area (Å²) in [6.07, 6.45) is 1.25. The van der Waals surface area contributed by atoms with Crippen LogP contribution >= 0.6 is 15.9 Å². The van der Waals surface area contributed by atoms with Gasteiger partial charge >= 0.3 is 0 Å². The van der Waals surface area contributed by atoms with Gasteiger partial charge in [0, 0.05) is 40.0 Å². The zero-order valence-corrected chi connectivity index (χ0v) is 25.7. The van der Waals surface area contributed by atoms with Crippen molar-refractivity contribution in [3.8, 4) is 17.6 Å². The molecule has 0 spiro atoms. The second-order valence-electron chi connectivity index (χ2n) is 10.3. The summed E-state index contributed by atoms with van der Waals surface area (Å²) in [7, 11) is 7.19. The molecule has 0 bridgehead atoms. The number of rotatable bonds is 12. The van der Waals surface area contributed by atoms with Gasteiger partial charge in [0.05, 0.1) is 26.3 Å². The number of pyridine rings is 2. The average Bonchev–Trinajstić information content (AvgIpc) is 2.94. The zero-order chi connectivity index (χ0) is 28.9. The summed E-state index contributed by atoms with van der Waals surface area (Å²) in [6.45, 7) is 5.23. The van der Waals surface area contributed by atoms with Crippen molar-refractivity contribution in [1.82, 2.24) is 14.9 Å². The van der Waals surface area contributed by atoms with E-state index in [1.807, 2.05) is 51.4 Å². The molecule has 0 fully saturated rings. The summed E-state index contributed by atoms with van der Waals surface area (Å²) >= 11 is 3.60. The second-order valence-corrected chi connectivity index (χ2v) is 11.2. The number of aryl methyl sites for hydroxylation is 1. The molecule has 2 atom stereocenters. The first-order valence-electron chi connectivity index (χ1n) is 13.5. The molecule has 40 heavy (non-hydrogen) atoms. The van der Waals surface area contributed by atoms with E-state index in [0.717, 1.165) is 38.5 Å². The smallest absolute Gasteiger partial charge is 0.217 e. The van der Waals surface area contributed by atoms with Crippen molar-refractivity contribution < 1.29 is 19.3 Å². The minimum absolute atomic E-state index is 0.377. The lowest BCUT2D eigenvalue weighted by atomic mass is 9.71. The van der Waals surface area contributed by atoms with E-state index in [4.69, 9.17) is 19.2 Å². The molecule has 2 heterocycles. The number of nitrogens with zero attached hydrogens (tertiary/aromatic N) is 3.